The third kappa shape index (κ3) is 4.69. The Morgan fingerprint density at radius 1 is 1.23 bits per heavy atom. The van der Waals surface area contributed by atoms with Crippen LogP contribution in [-0.4, -0.2) is 28.0 Å². The van der Waals surface area contributed by atoms with Gasteiger partial charge in [0.2, 0.25) is 5.95 Å². The SMILES string of the molecule is CC(C)OCCCn1c(NN=C2CCCCC2)nc2ccccc2c1=O. The van der Waals surface area contributed by atoms with Gasteiger partial charge in [0.25, 0.3) is 5.56 Å². The number of ether oxygens (including phenoxy) is 1. The second-order valence-corrected chi connectivity index (χ2v) is 7.03. The summed E-state index contributed by atoms with van der Waals surface area (Å²) in [5.41, 5.74) is 4.88. The molecule has 2 aromatic rings. The van der Waals surface area contributed by atoms with Crippen LogP contribution in [0.5, 0.6) is 0 Å². The highest BCUT2D eigenvalue weighted by molar-refractivity contribution is 5.85. The molecule has 0 radical (unpaired) electrons. The van der Waals surface area contributed by atoms with Gasteiger partial charge in [0, 0.05) is 18.9 Å². The first-order valence-corrected chi connectivity index (χ1v) is 9.58. The number of benzene rings is 1. The standard InChI is InChI=1S/C20H28N4O2/c1-15(2)26-14-8-13-24-19(25)17-11-6-7-12-18(17)21-20(24)23-22-16-9-4-3-5-10-16/h6-7,11-12,15H,3-5,8-10,13-14H2,1-2H3,(H,21,23). The van der Waals surface area contributed by atoms with Gasteiger partial charge in [-0.1, -0.05) is 18.6 Å². The molecule has 0 unspecified atom stereocenters. The maximum atomic E-state index is 12.9. The van der Waals surface area contributed by atoms with Crippen LogP contribution in [0.25, 0.3) is 10.9 Å². The number of hydrogen-bond donors (Lipinski definition) is 1. The van der Waals surface area contributed by atoms with Crippen molar-refractivity contribution in [2.45, 2.75) is 65.0 Å². The van der Waals surface area contributed by atoms with Crippen LogP contribution in [-0.2, 0) is 11.3 Å². The van der Waals surface area contributed by atoms with Crippen molar-refractivity contribution in [2.24, 2.45) is 5.10 Å². The van der Waals surface area contributed by atoms with Crippen LogP contribution in [0, 0.1) is 0 Å². The van der Waals surface area contributed by atoms with E-state index in [1.165, 1.54) is 19.3 Å². The number of para-hydroxylation sites is 1. The Balaban J connectivity index is 1.85. The smallest absolute Gasteiger partial charge is 0.262 e. The number of rotatable bonds is 7. The molecule has 1 aromatic heterocycles. The van der Waals surface area contributed by atoms with Crippen molar-refractivity contribution in [1.29, 1.82) is 0 Å². The maximum absolute atomic E-state index is 12.9. The number of hydrogen-bond acceptors (Lipinski definition) is 5. The van der Waals surface area contributed by atoms with Crippen LogP contribution in [0.3, 0.4) is 0 Å². The van der Waals surface area contributed by atoms with Crippen LogP contribution >= 0.6 is 0 Å². The summed E-state index contributed by atoms with van der Waals surface area (Å²) in [7, 11) is 0. The fourth-order valence-electron chi connectivity index (χ4n) is 3.20. The van der Waals surface area contributed by atoms with E-state index in [2.05, 4.69) is 15.5 Å². The normalized spacial score (nSPS) is 14.8. The number of nitrogens with zero attached hydrogens (tertiary/aromatic N) is 3. The van der Waals surface area contributed by atoms with Crippen molar-refractivity contribution >= 4 is 22.6 Å². The molecule has 1 aliphatic rings. The molecule has 3 rings (SSSR count). The van der Waals surface area contributed by atoms with Crippen LogP contribution in [0.15, 0.2) is 34.2 Å². The summed E-state index contributed by atoms with van der Waals surface area (Å²) in [5, 5.41) is 5.16. The molecule has 1 aliphatic carbocycles. The number of fused-ring (bicyclic) bond motifs is 1. The van der Waals surface area contributed by atoms with E-state index >= 15 is 0 Å². The van der Waals surface area contributed by atoms with Gasteiger partial charge in [-0.15, -0.1) is 0 Å². The minimum atomic E-state index is -0.0357. The molecule has 1 fully saturated rings. The third-order valence-corrected chi connectivity index (χ3v) is 4.58. The molecule has 6 nitrogen and oxygen atoms in total. The number of anilines is 1. The topological polar surface area (TPSA) is 68.5 Å². The van der Waals surface area contributed by atoms with Gasteiger partial charge in [-0.2, -0.15) is 5.10 Å². The minimum absolute atomic E-state index is 0.0357. The van der Waals surface area contributed by atoms with E-state index in [4.69, 9.17) is 4.74 Å². The highest BCUT2D eigenvalue weighted by Crippen LogP contribution is 2.16. The lowest BCUT2D eigenvalue weighted by molar-refractivity contribution is 0.0748. The molecule has 140 valence electrons. The molecular weight excluding hydrogens is 328 g/mol. The first-order valence-electron chi connectivity index (χ1n) is 9.58. The Labute approximate surface area is 154 Å². The van der Waals surface area contributed by atoms with E-state index in [-0.39, 0.29) is 11.7 Å². The van der Waals surface area contributed by atoms with Gasteiger partial charge in [-0.05, 0) is 58.1 Å². The van der Waals surface area contributed by atoms with Crippen LogP contribution in [0.4, 0.5) is 5.95 Å². The molecule has 0 atom stereocenters. The van der Waals surface area contributed by atoms with E-state index in [1.807, 2.05) is 38.1 Å². The van der Waals surface area contributed by atoms with Crippen molar-refractivity contribution in [1.82, 2.24) is 9.55 Å². The Bertz CT molecular complexity index is 818. The Kier molecular flexibility index (Phi) is 6.39. The molecule has 0 spiro atoms. The Hall–Kier alpha value is -2.21. The van der Waals surface area contributed by atoms with Gasteiger partial charge in [-0.3, -0.25) is 9.36 Å². The van der Waals surface area contributed by atoms with Gasteiger partial charge >= 0.3 is 0 Å². The molecule has 0 saturated heterocycles. The Morgan fingerprint density at radius 3 is 2.77 bits per heavy atom. The zero-order valence-corrected chi connectivity index (χ0v) is 15.7. The molecule has 1 saturated carbocycles. The number of hydrazone groups is 1. The quantitative estimate of drug-likeness (QED) is 0.602. The number of nitrogens with one attached hydrogen (secondary N) is 1. The van der Waals surface area contributed by atoms with Crippen molar-refractivity contribution in [2.75, 3.05) is 12.0 Å². The molecule has 1 aromatic carbocycles. The van der Waals surface area contributed by atoms with Crippen LogP contribution in [0.1, 0.15) is 52.4 Å². The van der Waals surface area contributed by atoms with Gasteiger partial charge in [-0.25, -0.2) is 10.4 Å². The summed E-state index contributed by atoms with van der Waals surface area (Å²) in [6.45, 7) is 5.19. The van der Waals surface area contributed by atoms with Gasteiger partial charge < -0.3 is 4.74 Å². The molecule has 6 heteroatoms. The fraction of sp³-hybridized carbons (Fsp3) is 0.550. The lowest BCUT2D eigenvalue weighted by Gasteiger charge is -2.15. The minimum Gasteiger partial charge on any atom is -0.379 e. The van der Waals surface area contributed by atoms with Crippen molar-refractivity contribution in [3.05, 3.63) is 34.6 Å². The summed E-state index contributed by atoms with van der Waals surface area (Å²) in [6.07, 6.45) is 6.63. The Morgan fingerprint density at radius 2 is 2.00 bits per heavy atom. The van der Waals surface area contributed by atoms with Crippen LogP contribution in [0.2, 0.25) is 0 Å². The molecule has 1 heterocycles. The predicted molar refractivity (Wildman–Crippen MR) is 106 cm³/mol. The van der Waals surface area contributed by atoms with Gasteiger partial charge in [0.15, 0.2) is 0 Å². The average molecular weight is 356 g/mol. The second-order valence-electron chi connectivity index (χ2n) is 7.03. The van der Waals surface area contributed by atoms with Gasteiger partial charge in [0.05, 0.1) is 17.0 Å². The monoisotopic (exact) mass is 356 g/mol. The fourth-order valence-corrected chi connectivity index (χ4v) is 3.20. The highest BCUT2D eigenvalue weighted by Gasteiger charge is 2.12. The number of aromatic nitrogens is 2. The lowest BCUT2D eigenvalue weighted by Crippen LogP contribution is -2.25. The second kappa shape index (κ2) is 8.94. The molecule has 26 heavy (non-hydrogen) atoms. The molecule has 0 bridgehead atoms. The van der Waals surface area contributed by atoms with Crippen molar-refractivity contribution < 1.29 is 4.74 Å². The summed E-state index contributed by atoms with van der Waals surface area (Å²) < 4.78 is 7.28. The average Bonchev–Trinajstić information content (AvgIpc) is 2.66. The zero-order chi connectivity index (χ0) is 18.4. The maximum Gasteiger partial charge on any atom is 0.262 e. The van der Waals surface area contributed by atoms with E-state index in [1.54, 1.807) is 4.57 Å². The predicted octanol–water partition coefficient (Wildman–Crippen LogP) is 3.94. The zero-order valence-electron chi connectivity index (χ0n) is 15.7. The highest BCUT2D eigenvalue weighted by atomic mass is 16.5. The third-order valence-electron chi connectivity index (χ3n) is 4.58. The van der Waals surface area contributed by atoms with E-state index in [0.717, 1.165) is 25.0 Å². The molecule has 0 amide bonds. The van der Waals surface area contributed by atoms with Crippen LogP contribution < -0.4 is 11.0 Å². The van der Waals surface area contributed by atoms with Crippen molar-refractivity contribution in [3.8, 4) is 0 Å². The molecular formula is C20H28N4O2. The van der Waals surface area contributed by atoms with Gasteiger partial charge in [0.1, 0.15) is 0 Å². The summed E-state index contributed by atoms with van der Waals surface area (Å²) in [6, 6.07) is 7.45. The largest absolute Gasteiger partial charge is 0.379 e. The first kappa shape index (κ1) is 18.6. The van der Waals surface area contributed by atoms with E-state index < -0.39 is 0 Å². The van der Waals surface area contributed by atoms with Crippen molar-refractivity contribution in [3.63, 3.8) is 0 Å². The summed E-state index contributed by atoms with van der Waals surface area (Å²) in [4.78, 5) is 17.6. The first-order chi connectivity index (χ1) is 12.6. The molecule has 0 aliphatic heterocycles. The van der Waals surface area contributed by atoms with E-state index in [0.29, 0.717) is 30.0 Å². The van der Waals surface area contributed by atoms with E-state index in [9.17, 15) is 4.79 Å². The lowest BCUT2D eigenvalue weighted by atomic mass is 9.99. The summed E-state index contributed by atoms with van der Waals surface area (Å²) in [5.74, 6) is 0.510. The summed E-state index contributed by atoms with van der Waals surface area (Å²) >= 11 is 0. The molecule has 1 N–H and O–H groups in total.